The zero-order chi connectivity index (χ0) is 24.6. The van der Waals surface area contributed by atoms with Crippen molar-refractivity contribution in [3.05, 3.63) is 105 Å². The number of carbonyl (C=O) groups excluding carboxylic acids is 1. The Morgan fingerprint density at radius 3 is 2.18 bits per heavy atom. The van der Waals surface area contributed by atoms with Crippen LogP contribution in [0.3, 0.4) is 0 Å². The van der Waals surface area contributed by atoms with Crippen molar-refractivity contribution in [1.29, 1.82) is 5.41 Å². The lowest BCUT2D eigenvalue weighted by Crippen LogP contribution is -2.25. The Hall–Kier alpha value is -3.48. The zero-order valence-electron chi connectivity index (χ0n) is 20.0. The number of rotatable bonds is 6. The number of nitrogens with two attached hydrogens (primary N) is 1. The van der Waals surface area contributed by atoms with Gasteiger partial charge in [-0.2, -0.15) is 0 Å². The van der Waals surface area contributed by atoms with E-state index in [2.05, 4.69) is 12.2 Å². The Bertz CT molecular complexity index is 1240. The van der Waals surface area contributed by atoms with Gasteiger partial charge in [0.1, 0.15) is 11.9 Å². The van der Waals surface area contributed by atoms with Crippen LogP contribution >= 0.6 is 0 Å². The van der Waals surface area contributed by atoms with Crippen LogP contribution in [0.4, 0.5) is 0 Å². The largest absolute Gasteiger partial charge is 0.386 e. The molecule has 0 heterocycles. The molecule has 6 nitrogen and oxygen atoms in total. The fourth-order valence-electron chi connectivity index (χ4n) is 4.57. The van der Waals surface area contributed by atoms with Gasteiger partial charge in [0.2, 0.25) is 0 Å². The molecular formula is C28H31N3O3. The van der Waals surface area contributed by atoms with Gasteiger partial charge in [-0.1, -0.05) is 55.5 Å². The van der Waals surface area contributed by atoms with Crippen LogP contribution in [0.15, 0.2) is 60.7 Å². The first-order valence-electron chi connectivity index (χ1n) is 11.3. The van der Waals surface area contributed by atoms with E-state index in [0.29, 0.717) is 17.7 Å². The third-order valence-corrected chi connectivity index (χ3v) is 6.59. The molecule has 2 atom stereocenters. The lowest BCUT2D eigenvalue weighted by Gasteiger charge is -2.33. The smallest absolute Gasteiger partial charge is 0.251 e. The number of fused-ring (bicyclic) bond motifs is 2. The molecule has 0 unspecified atom stereocenters. The third-order valence-electron chi connectivity index (χ3n) is 6.59. The molecular weight excluding hydrogens is 426 g/mol. The minimum Gasteiger partial charge on any atom is -0.386 e. The Labute approximate surface area is 200 Å². The Morgan fingerprint density at radius 2 is 1.59 bits per heavy atom. The standard InChI is InChI=1S/C28H31N3O3/c1-16-23-13-19(27(32)31-15-17-5-7-18(8-6-17)26(29)30)9-11-21(23)25(34-4)22-12-10-20(14-24(16)22)28(2,3)33/h5-14,16,25,33H,15H2,1-4H3,(H3,29,30)(H,31,32)/t16-,25+/m0/s1. The van der Waals surface area contributed by atoms with Crippen LogP contribution in [0.5, 0.6) is 0 Å². The number of benzene rings is 3. The first-order chi connectivity index (χ1) is 16.1. The summed E-state index contributed by atoms with van der Waals surface area (Å²) in [4.78, 5) is 12.9. The molecule has 0 aliphatic heterocycles. The third kappa shape index (κ3) is 4.47. The summed E-state index contributed by atoms with van der Waals surface area (Å²) in [6.45, 7) is 6.05. The predicted molar refractivity (Wildman–Crippen MR) is 133 cm³/mol. The molecule has 3 aromatic carbocycles. The maximum atomic E-state index is 12.9. The van der Waals surface area contributed by atoms with Gasteiger partial charge in [0.25, 0.3) is 5.91 Å². The number of aliphatic hydroxyl groups is 1. The normalized spacial score (nSPS) is 17.0. The van der Waals surface area contributed by atoms with Gasteiger partial charge in [-0.15, -0.1) is 0 Å². The number of amides is 1. The second-order valence-electron chi connectivity index (χ2n) is 9.38. The molecule has 0 spiro atoms. The van der Waals surface area contributed by atoms with Crippen LogP contribution in [-0.4, -0.2) is 24.0 Å². The van der Waals surface area contributed by atoms with E-state index < -0.39 is 5.60 Å². The van der Waals surface area contributed by atoms with Crippen molar-refractivity contribution in [2.75, 3.05) is 7.11 Å². The van der Waals surface area contributed by atoms with Crippen molar-refractivity contribution in [2.45, 2.75) is 44.9 Å². The molecule has 4 rings (SSSR count). The molecule has 6 heteroatoms. The van der Waals surface area contributed by atoms with E-state index >= 15 is 0 Å². The van der Waals surface area contributed by atoms with Crippen molar-refractivity contribution in [3.63, 3.8) is 0 Å². The molecule has 34 heavy (non-hydrogen) atoms. The zero-order valence-corrected chi connectivity index (χ0v) is 20.0. The van der Waals surface area contributed by atoms with Crippen LogP contribution in [0, 0.1) is 5.41 Å². The summed E-state index contributed by atoms with van der Waals surface area (Å²) in [5, 5.41) is 21.0. The van der Waals surface area contributed by atoms with E-state index in [0.717, 1.165) is 33.4 Å². The fraction of sp³-hybridized carbons (Fsp3) is 0.286. The minimum atomic E-state index is -0.943. The highest BCUT2D eigenvalue weighted by molar-refractivity contribution is 5.95. The number of amidine groups is 1. The Balaban J connectivity index is 1.59. The van der Waals surface area contributed by atoms with E-state index in [1.165, 1.54) is 0 Å². The predicted octanol–water partition coefficient (Wildman–Crippen LogP) is 4.33. The van der Waals surface area contributed by atoms with E-state index in [4.69, 9.17) is 15.9 Å². The maximum Gasteiger partial charge on any atom is 0.251 e. The molecule has 1 aliphatic rings. The molecule has 1 amide bonds. The molecule has 0 bridgehead atoms. The Kier molecular flexibility index (Phi) is 6.30. The number of hydrogen-bond acceptors (Lipinski definition) is 4. The van der Waals surface area contributed by atoms with E-state index in [9.17, 15) is 9.90 Å². The number of methoxy groups -OCH3 is 1. The quantitative estimate of drug-likeness (QED) is 0.326. The molecule has 0 fully saturated rings. The fourth-order valence-corrected chi connectivity index (χ4v) is 4.57. The summed E-state index contributed by atoms with van der Waals surface area (Å²) < 4.78 is 5.86. The second-order valence-corrected chi connectivity index (χ2v) is 9.38. The molecule has 0 aromatic heterocycles. The summed E-state index contributed by atoms with van der Waals surface area (Å²) in [5.41, 5.74) is 11.9. The van der Waals surface area contributed by atoms with Crippen LogP contribution < -0.4 is 11.1 Å². The minimum absolute atomic E-state index is 0.0179. The SMILES string of the molecule is CO[C@@H]1c2ccc(C(=O)NCc3ccc(C(=N)N)cc3)cc2[C@H](C)c2cc(C(C)(C)O)ccc21. The van der Waals surface area contributed by atoms with Gasteiger partial charge in [-0.25, -0.2) is 0 Å². The molecule has 5 N–H and O–H groups in total. The molecule has 0 radical (unpaired) electrons. The van der Waals surface area contributed by atoms with Gasteiger partial charge in [0.15, 0.2) is 0 Å². The van der Waals surface area contributed by atoms with E-state index in [-0.39, 0.29) is 23.8 Å². The van der Waals surface area contributed by atoms with Crippen molar-refractivity contribution in [2.24, 2.45) is 5.73 Å². The number of nitrogens with one attached hydrogen (secondary N) is 2. The number of hydrogen-bond donors (Lipinski definition) is 4. The summed E-state index contributed by atoms with van der Waals surface area (Å²) in [6.07, 6.45) is -0.228. The average Bonchev–Trinajstić information content (AvgIpc) is 2.82. The topological polar surface area (TPSA) is 108 Å². The summed E-state index contributed by atoms with van der Waals surface area (Å²) in [7, 11) is 1.69. The van der Waals surface area contributed by atoms with Crippen molar-refractivity contribution < 1.29 is 14.6 Å². The summed E-state index contributed by atoms with van der Waals surface area (Å²) >= 11 is 0. The highest BCUT2D eigenvalue weighted by Gasteiger charge is 2.32. The molecule has 1 aliphatic carbocycles. The van der Waals surface area contributed by atoms with Crippen LogP contribution in [-0.2, 0) is 16.9 Å². The lowest BCUT2D eigenvalue weighted by atomic mass is 9.75. The van der Waals surface area contributed by atoms with Gasteiger partial charge in [-0.05, 0) is 59.4 Å². The molecule has 3 aromatic rings. The van der Waals surface area contributed by atoms with Gasteiger partial charge in [0.05, 0.1) is 5.60 Å². The molecule has 0 saturated carbocycles. The lowest BCUT2D eigenvalue weighted by molar-refractivity contribution is 0.0782. The van der Waals surface area contributed by atoms with E-state index in [1.54, 1.807) is 33.1 Å². The van der Waals surface area contributed by atoms with Crippen LogP contribution in [0.2, 0.25) is 0 Å². The monoisotopic (exact) mass is 457 g/mol. The van der Waals surface area contributed by atoms with Crippen LogP contribution in [0.1, 0.15) is 82.1 Å². The number of carbonyl (C=O) groups is 1. The van der Waals surface area contributed by atoms with Gasteiger partial charge in [-0.3, -0.25) is 10.2 Å². The second kappa shape index (κ2) is 9.05. The Morgan fingerprint density at radius 1 is 1.00 bits per heavy atom. The first-order valence-corrected chi connectivity index (χ1v) is 11.3. The van der Waals surface area contributed by atoms with Gasteiger partial charge < -0.3 is 20.9 Å². The van der Waals surface area contributed by atoms with Gasteiger partial charge in [0, 0.05) is 30.7 Å². The number of ether oxygens (including phenoxy) is 1. The molecule has 0 saturated heterocycles. The van der Waals surface area contributed by atoms with Crippen molar-refractivity contribution in [3.8, 4) is 0 Å². The van der Waals surface area contributed by atoms with Crippen molar-refractivity contribution >= 4 is 11.7 Å². The van der Waals surface area contributed by atoms with Gasteiger partial charge >= 0.3 is 0 Å². The molecule has 176 valence electrons. The first kappa shape index (κ1) is 23.7. The average molecular weight is 458 g/mol. The van der Waals surface area contributed by atoms with Crippen molar-refractivity contribution in [1.82, 2.24) is 5.32 Å². The highest BCUT2D eigenvalue weighted by Crippen LogP contribution is 2.44. The summed E-state index contributed by atoms with van der Waals surface area (Å²) in [6, 6.07) is 19.0. The summed E-state index contributed by atoms with van der Waals surface area (Å²) in [5.74, 6) is -0.0920. The maximum absolute atomic E-state index is 12.9. The van der Waals surface area contributed by atoms with Crippen LogP contribution in [0.25, 0.3) is 0 Å². The highest BCUT2D eigenvalue weighted by atomic mass is 16.5. The van der Waals surface area contributed by atoms with E-state index in [1.807, 2.05) is 48.5 Å². The number of nitrogen functional groups attached to an aromatic ring is 1.